The van der Waals surface area contributed by atoms with E-state index in [0.717, 1.165) is 19.3 Å². The number of fused-ring (bicyclic) bond motifs is 1. The molecule has 0 saturated carbocycles. The molecule has 3 rings (SSSR count). The number of nitrogens with one attached hydrogen (secondary N) is 2. The maximum atomic E-state index is 12.3. The van der Waals surface area contributed by atoms with Gasteiger partial charge >= 0.3 is 0 Å². The van der Waals surface area contributed by atoms with Gasteiger partial charge in [-0.05, 0) is 55.9 Å². The Hall–Kier alpha value is -2.74. The first-order valence-corrected chi connectivity index (χ1v) is 9.14. The summed E-state index contributed by atoms with van der Waals surface area (Å²) in [6, 6.07) is 5.95. The Labute approximate surface area is 154 Å². The SMILES string of the molecule is Cc1cc(C(=O)NNC(=O)c2cc3c(s2)CC[C@@H](C)C3)ccc1[N+](=O)[O-]. The van der Waals surface area contributed by atoms with Gasteiger partial charge in [0.2, 0.25) is 0 Å². The number of amides is 2. The van der Waals surface area contributed by atoms with Crippen LogP contribution >= 0.6 is 11.3 Å². The molecular weight excluding hydrogens is 354 g/mol. The number of carbonyl (C=O) groups is 2. The first-order chi connectivity index (χ1) is 12.3. The number of carbonyl (C=O) groups excluding carboxylic acids is 2. The Morgan fingerprint density at radius 1 is 1.23 bits per heavy atom. The molecule has 0 radical (unpaired) electrons. The van der Waals surface area contributed by atoms with E-state index in [9.17, 15) is 19.7 Å². The highest BCUT2D eigenvalue weighted by molar-refractivity contribution is 7.14. The van der Waals surface area contributed by atoms with Crippen LogP contribution in [-0.4, -0.2) is 16.7 Å². The minimum absolute atomic E-state index is 0.0519. The van der Waals surface area contributed by atoms with Gasteiger partial charge in [0.25, 0.3) is 17.5 Å². The van der Waals surface area contributed by atoms with Crippen LogP contribution < -0.4 is 10.9 Å². The lowest BCUT2D eigenvalue weighted by Gasteiger charge is -2.16. The molecule has 1 atom stereocenters. The van der Waals surface area contributed by atoms with E-state index in [-0.39, 0.29) is 17.2 Å². The van der Waals surface area contributed by atoms with Crippen LogP contribution in [0.15, 0.2) is 24.3 Å². The molecule has 0 bridgehead atoms. The van der Waals surface area contributed by atoms with Crippen molar-refractivity contribution in [1.82, 2.24) is 10.9 Å². The van der Waals surface area contributed by atoms with Gasteiger partial charge in [-0.1, -0.05) is 6.92 Å². The number of nitro benzene ring substituents is 1. The third kappa shape index (κ3) is 3.75. The smallest absolute Gasteiger partial charge is 0.267 e. The van der Waals surface area contributed by atoms with Crippen LogP contribution in [-0.2, 0) is 12.8 Å². The molecule has 26 heavy (non-hydrogen) atoms. The monoisotopic (exact) mass is 373 g/mol. The number of thiophene rings is 1. The lowest BCUT2D eigenvalue weighted by atomic mass is 9.90. The molecule has 0 aliphatic heterocycles. The van der Waals surface area contributed by atoms with Crippen molar-refractivity contribution < 1.29 is 14.5 Å². The molecule has 1 aromatic heterocycles. The highest BCUT2D eigenvalue weighted by Gasteiger charge is 2.21. The zero-order chi connectivity index (χ0) is 18.8. The molecule has 1 heterocycles. The summed E-state index contributed by atoms with van der Waals surface area (Å²) in [5.41, 5.74) is 6.57. The predicted octanol–water partition coefficient (Wildman–Crippen LogP) is 3.16. The molecule has 2 amide bonds. The topological polar surface area (TPSA) is 101 Å². The molecule has 0 fully saturated rings. The average molecular weight is 373 g/mol. The zero-order valence-electron chi connectivity index (χ0n) is 14.5. The maximum absolute atomic E-state index is 12.3. The Morgan fingerprint density at radius 3 is 2.65 bits per heavy atom. The van der Waals surface area contributed by atoms with Crippen LogP contribution in [0.4, 0.5) is 5.69 Å². The van der Waals surface area contributed by atoms with Crippen LogP contribution in [0.1, 0.15) is 49.4 Å². The second-order valence-electron chi connectivity index (χ2n) is 6.57. The van der Waals surface area contributed by atoms with E-state index in [1.165, 1.54) is 40.0 Å². The van der Waals surface area contributed by atoms with Gasteiger partial charge in [0, 0.05) is 22.1 Å². The highest BCUT2D eigenvalue weighted by atomic mass is 32.1. The molecule has 8 heteroatoms. The van der Waals surface area contributed by atoms with Crippen molar-refractivity contribution in [2.24, 2.45) is 5.92 Å². The number of rotatable bonds is 3. The van der Waals surface area contributed by atoms with E-state index < -0.39 is 10.8 Å². The average Bonchev–Trinajstić information content (AvgIpc) is 3.02. The number of aryl methyl sites for hydroxylation is 2. The molecule has 1 aliphatic carbocycles. The van der Waals surface area contributed by atoms with E-state index in [4.69, 9.17) is 0 Å². The minimum atomic E-state index is -0.522. The van der Waals surface area contributed by atoms with Crippen LogP contribution in [0.3, 0.4) is 0 Å². The summed E-state index contributed by atoms with van der Waals surface area (Å²) < 4.78 is 0. The van der Waals surface area contributed by atoms with Crippen molar-refractivity contribution >= 4 is 28.8 Å². The van der Waals surface area contributed by atoms with E-state index in [1.807, 2.05) is 6.07 Å². The number of hydrogen-bond acceptors (Lipinski definition) is 5. The Balaban J connectivity index is 1.63. The van der Waals surface area contributed by atoms with E-state index >= 15 is 0 Å². The molecule has 0 saturated heterocycles. The van der Waals surface area contributed by atoms with Crippen molar-refractivity contribution in [2.45, 2.75) is 33.1 Å². The summed E-state index contributed by atoms with van der Waals surface area (Å²) in [6.45, 7) is 3.76. The summed E-state index contributed by atoms with van der Waals surface area (Å²) in [5, 5.41) is 10.8. The van der Waals surface area contributed by atoms with Crippen LogP contribution in [0, 0.1) is 23.0 Å². The second-order valence-corrected chi connectivity index (χ2v) is 7.71. The fourth-order valence-corrected chi connectivity index (χ4v) is 4.17. The molecular formula is C18H19N3O4S. The summed E-state index contributed by atoms with van der Waals surface area (Å²) in [4.78, 5) is 36.6. The van der Waals surface area contributed by atoms with Crippen molar-refractivity contribution in [3.63, 3.8) is 0 Å². The Morgan fingerprint density at radius 2 is 1.96 bits per heavy atom. The van der Waals surface area contributed by atoms with Gasteiger partial charge in [0.1, 0.15) is 0 Å². The Kier molecular flexibility index (Phi) is 5.03. The van der Waals surface area contributed by atoms with Gasteiger partial charge in [-0.25, -0.2) is 0 Å². The summed E-state index contributed by atoms with van der Waals surface area (Å²) in [5.74, 6) is -0.256. The third-order valence-electron chi connectivity index (χ3n) is 4.50. The minimum Gasteiger partial charge on any atom is -0.267 e. The molecule has 136 valence electrons. The van der Waals surface area contributed by atoms with Crippen LogP contribution in [0.25, 0.3) is 0 Å². The summed E-state index contributed by atoms with van der Waals surface area (Å²) >= 11 is 1.46. The standard InChI is InChI=1S/C18H19N3O4S/c1-10-3-6-15-13(7-10)9-16(26-15)18(23)20-19-17(22)12-4-5-14(21(24)25)11(2)8-12/h4-5,8-10H,3,6-7H2,1-2H3,(H,19,22)(H,20,23)/t10-/m1/s1. The summed E-state index contributed by atoms with van der Waals surface area (Å²) in [7, 11) is 0. The van der Waals surface area contributed by atoms with Gasteiger partial charge in [0.05, 0.1) is 9.80 Å². The zero-order valence-corrected chi connectivity index (χ0v) is 15.3. The van der Waals surface area contributed by atoms with Crippen molar-refractivity contribution in [3.05, 3.63) is 60.8 Å². The van der Waals surface area contributed by atoms with Gasteiger partial charge in [-0.3, -0.25) is 30.6 Å². The lowest BCUT2D eigenvalue weighted by molar-refractivity contribution is -0.385. The third-order valence-corrected chi connectivity index (χ3v) is 5.73. The maximum Gasteiger partial charge on any atom is 0.279 e. The highest BCUT2D eigenvalue weighted by Crippen LogP contribution is 2.32. The normalized spacial score (nSPS) is 15.8. The molecule has 2 aromatic rings. The molecule has 7 nitrogen and oxygen atoms in total. The first kappa shape index (κ1) is 18.1. The molecule has 1 aromatic carbocycles. The number of hydrazine groups is 1. The molecule has 0 spiro atoms. The van der Waals surface area contributed by atoms with Gasteiger partial charge in [-0.15, -0.1) is 11.3 Å². The first-order valence-electron chi connectivity index (χ1n) is 8.32. The quantitative estimate of drug-likeness (QED) is 0.637. The summed E-state index contributed by atoms with van der Waals surface area (Å²) in [6.07, 6.45) is 3.10. The largest absolute Gasteiger partial charge is 0.279 e. The lowest BCUT2D eigenvalue weighted by Crippen LogP contribution is -2.41. The molecule has 1 aliphatic rings. The predicted molar refractivity (Wildman–Crippen MR) is 98.3 cm³/mol. The number of hydrogen-bond donors (Lipinski definition) is 2. The molecule has 2 N–H and O–H groups in total. The van der Waals surface area contributed by atoms with E-state index in [2.05, 4.69) is 17.8 Å². The van der Waals surface area contributed by atoms with Gasteiger partial charge in [0.15, 0.2) is 0 Å². The van der Waals surface area contributed by atoms with Crippen LogP contribution in [0.5, 0.6) is 0 Å². The fraction of sp³-hybridized carbons (Fsp3) is 0.333. The fourth-order valence-electron chi connectivity index (χ4n) is 3.07. The molecule has 0 unspecified atom stereocenters. The van der Waals surface area contributed by atoms with Gasteiger partial charge < -0.3 is 0 Å². The number of benzene rings is 1. The van der Waals surface area contributed by atoms with Crippen LogP contribution in [0.2, 0.25) is 0 Å². The van der Waals surface area contributed by atoms with Crippen molar-refractivity contribution in [2.75, 3.05) is 0 Å². The van der Waals surface area contributed by atoms with Crippen molar-refractivity contribution in [1.29, 1.82) is 0 Å². The van der Waals surface area contributed by atoms with Gasteiger partial charge in [-0.2, -0.15) is 0 Å². The number of nitro groups is 1. The number of nitrogens with zero attached hydrogens (tertiary/aromatic N) is 1. The Bertz CT molecular complexity index is 891. The van der Waals surface area contributed by atoms with E-state index in [1.54, 1.807) is 6.92 Å². The van der Waals surface area contributed by atoms with Crippen molar-refractivity contribution in [3.8, 4) is 0 Å². The second kappa shape index (κ2) is 7.25. The van der Waals surface area contributed by atoms with E-state index in [0.29, 0.717) is 16.4 Å².